The first kappa shape index (κ1) is 19.8. The molecule has 2 aromatic rings. The summed E-state index contributed by atoms with van der Waals surface area (Å²) in [5, 5.41) is 3.30. The van der Waals surface area contributed by atoms with E-state index in [4.69, 9.17) is 14.1 Å². The van der Waals surface area contributed by atoms with Crippen LogP contribution in [0.5, 0.6) is 0 Å². The maximum Gasteiger partial charge on any atom is 0.298 e. The molecule has 7 heteroatoms. The third-order valence-corrected chi connectivity index (χ3v) is 7.27. The number of rotatable bonds is 4. The summed E-state index contributed by atoms with van der Waals surface area (Å²) in [5.74, 6) is -0.0397. The molecule has 3 saturated heterocycles. The summed E-state index contributed by atoms with van der Waals surface area (Å²) < 4.78 is 11.7. The van der Waals surface area contributed by atoms with Crippen LogP contribution < -0.4 is 10.2 Å². The van der Waals surface area contributed by atoms with Crippen molar-refractivity contribution < 1.29 is 13.9 Å². The summed E-state index contributed by atoms with van der Waals surface area (Å²) in [6, 6.07) is 7.88. The second kappa shape index (κ2) is 8.19. The van der Waals surface area contributed by atoms with E-state index >= 15 is 0 Å². The van der Waals surface area contributed by atoms with E-state index in [1.54, 1.807) is 0 Å². The molecule has 3 aliphatic rings. The van der Waals surface area contributed by atoms with Gasteiger partial charge in [-0.3, -0.25) is 4.79 Å². The molecule has 0 radical (unpaired) electrons. The molecule has 1 N–H and O–H groups in total. The highest BCUT2D eigenvalue weighted by atomic mass is 16.5. The second-order valence-electron chi connectivity index (χ2n) is 9.02. The van der Waals surface area contributed by atoms with Crippen LogP contribution in [0.1, 0.15) is 55.8 Å². The molecule has 0 saturated carbocycles. The second-order valence-corrected chi connectivity index (χ2v) is 9.02. The molecule has 1 aromatic heterocycles. The van der Waals surface area contributed by atoms with Crippen molar-refractivity contribution >= 4 is 23.0 Å². The van der Waals surface area contributed by atoms with Crippen LogP contribution in [0.25, 0.3) is 11.1 Å². The summed E-state index contributed by atoms with van der Waals surface area (Å²) in [4.78, 5) is 22.6. The van der Waals surface area contributed by atoms with E-state index in [9.17, 15) is 4.79 Å². The van der Waals surface area contributed by atoms with Crippen LogP contribution in [0.15, 0.2) is 22.6 Å². The lowest BCUT2D eigenvalue weighted by atomic mass is 9.82. The first-order chi connectivity index (χ1) is 14.6. The number of fused-ring (bicyclic) bond motifs is 3. The summed E-state index contributed by atoms with van der Waals surface area (Å²) in [6.45, 7) is 4.25. The van der Waals surface area contributed by atoms with Gasteiger partial charge in [0.05, 0.1) is 24.8 Å². The zero-order valence-electron chi connectivity index (χ0n) is 18.0. The molecule has 3 aliphatic heterocycles. The Balaban J connectivity index is 1.36. The number of nitrogens with zero attached hydrogens (tertiary/aromatic N) is 3. The molecule has 7 nitrogen and oxygen atoms in total. The zero-order chi connectivity index (χ0) is 20.7. The average molecular weight is 413 g/mol. The number of anilines is 1. The number of benzene rings is 1. The fourth-order valence-corrected chi connectivity index (χ4v) is 5.48. The van der Waals surface area contributed by atoms with Gasteiger partial charge in [0, 0.05) is 24.7 Å². The number of oxazole rings is 1. The molecule has 162 valence electrons. The van der Waals surface area contributed by atoms with Gasteiger partial charge in [-0.25, -0.2) is 0 Å². The first-order valence-electron chi connectivity index (χ1n) is 11.4. The van der Waals surface area contributed by atoms with Crippen molar-refractivity contribution in [1.82, 2.24) is 15.2 Å². The van der Waals surface area contributed by atoms with E-state index in [1.165, 1.54) is 19.3 Å². The Morgan fingerprint density at radius 2 is 2.07 bits per heavy atom. The van der Waals surface area contributed by atoms with Gasteiger partial charge in [-0.2, -0.15) is 4.98 Å². The van der Waals surface area contributed by atoms with Crippen LogP contribution in [-0.4, -0.2) is 66.8 Å². The number of aromatic nitrogens is 1. The molecule has 5 rings (SSSR count). The van der Waals surface area contributed by atoms with Crippen molar-refractivity contribution in [2.45, 2.75) is 69.6 Å². The Morgan fingerprint density at radius 3 is 2.83 bits per heavy atom. The van der Waals surface area contributed by atoms with Crippen molar-refractivity contribution in [2.75, 3.05) is 31.7 Å². The lowest BCUT2D eigenvalue weighted by Gasteiger charge is -2.47. The van der Waals surface area contributed by atoms with E-state index in [1.807, 2.05) is 18.2 Å². The minimum Gasteiger partial charge on any atom is -0.423 e. The zero-order valence-corrected chi connectivity index (χ0v) is 18.0. The molecule has 3 fully saturated rings. The highest BCUT2D eigenvalue weighted by molar-refractivity contribution is 6.04. The number of carbonyl (C=O) groups excluding carboxylic acids is 1. The lowest BCUT2D eigenvalue weighted by molar-refractivity contribution is 0.0463. The SMILES string of the molecule is CC[C@H]1COCCN1c1nc2c(C(=O)NC3CC4CCCC(C3)N4C)cccc2o1. The van der Waals surface area contributed by atoms with E-state index in [0.717, 1.165) is 25.8 Å². The Bertz CT molecular complexity index is 899. The summed E-state index contributed by atoms with van der Waals surface area (Å²) >= 11 is 0. The monoisotopic (exact) mass is 412 g/mol. The Morgan fingerprint density at radius 1 is 1.27 bits per heavy atom. The van der Waals surface area contributed by atoms with Crippen molar-refractivity contribution in [3.05, 3.63) is 23.8 Å². The molecule has 1 aromatic carbocycles. The summed E-state index contributed by atoms with van der Waals surface area (Å²) in [5.41, 5.74) is 1.92. The van der Waals surface area contributed by atoms with Crippen LogP contribution in [-0.2, 0) is 4.74 Å². The summed E-state index contributed by atoms with van der Waals surface area (Å²) in [6.07, 6.45) is 6.81. The number of para-hydroxylation sites is 1. The first-order valence-corrected chi connectivity index (χ1v) is 11.4. The minimum absolute atomic E-state index is 0.0397. The quantitative estimate of drug-likeness (QED) is 0.832. The number of piperidine rings is 2. The topological polar surface area (TPSA) is 70.8 Å². The Hall–Kier alpha value is -2.12. The largest absolute Gasteiger partial charge is 0.423 e. The van der Waals surface area contributed by atoms with Gasteiger partial charge in [0.25, 0.3) is 11.9 Å². The van der Waals surface area contributed by atoms with Crippen molar-refractivity contribution in [3.8, 4) is 0 Å². The van der Waals surface area contributed by atoms with Crippen molar-refractivity contribution in [1.29, 1.82) is 0 Å². The van der Waals surface area contributed by atoms with Crippen LogP contribution in [0.3, 0.4) is 0 Å². The van der Waals surface area contributed by atoms with E-state index in [0.29, 0.717) is 48.0 Å². The molecule has 4 heterocycles. The number of hydrogen-bond donors (Lipinski definition) is 1. The minimum atomic E-state index is -0.0397. The standard InChI is InChI=1S/C23H32N4O3/c1-3-16-14-29-11-10-27(16)23-25-21-19(8-5-9-20(21)30-23)22(28)24-15-12-17-6-4-7-18(13-15)26(17)2/h5,8-9,15-18H,3-4,6-7,10-14H2,1-2H3,(H,24,28)/t15?,16-,17?,18?/m0/s1. The van der Waals surface area contributed by atoms with Gasteiger partial charge < -0.3 is 24.3 Å². The normalized spacial score (nSPS) is 29.9. The molecule has 2 unspecified atom stereocenters. The van der Waals surface area contributed by atoms with Gasteiger partial charge in [-0.1, -0.05) is 19.4 Å². The van der Waals surface area contributed by atoms with E-state index < -0.39 is 0 Å². The Kier molecular flexibility index (Phi) is 5.41. The van der Waals surface area contributed by atoms with Gasteiger partial charge in [0.1, 0.15) is 5.52 Å². The number of morpholine rings is 1. The number of nitrogens with one attached hydrogen (secondary N) is 1. The van der Waals surface area contributed by atoms with Crippen molar-refractivity contribution in [2.24, 2.45) is 0 Å². The molecule has 1 amide bonds. The van der Waals surface area contributed by atoms with Crippen molar-refractivity contribution in [3.63, 3.8) is 0 Å². The predicted molar refractivity (Wildman–Crippen MR) is 116 cm³/mol. The van der Waals surface area contributed by atoms with Crippen LogP contribution in [0.4, 0.5) is 6.01 Å². The number of carbonyl (C=O) groups is 1. The molecular weight excluding hydrogens is 380 g/mol. The van der Waals surface area contributed by atoms with Crippen LogP contribution in [0, 0.1) is 0 Å². The molecule has 0 spiro atoms. The van der Waals surface area contributed by atoms with Gasteiger partial charge in [0.2, 0.25) is 0 Å². The average Bonchev–Trinajstić information content (AvgIpc) is 3.18. The van der Waals surface area contributed by atoms with Gasteiger partial charge >= 0.3 is 0 Å². The summed E-state index contributed by atoms with van der Waals surface area (Å²) in [7, 11) is 2.24. The maximum atomic E-state index is 13.2. The highest BCUT2D eigenvalue weighted by Crippen LogP contribution is 2.33. The molecule has 2 bridgehead atoms. The van der Waals surface area contributed by atoms with Crippen LogP contribution >= 0.6 is 0 Å². The Labute approximate surface area is 177 Å². The van der Waals surface area contributed by atoms with Gasteiger partial charge in [-0.15, -0.1) is 0 Å². The third kappa shape index (κ3) is 3.58. The molecule has 30 heavy (non-hydrogen) atoms. The van der Waals surface area contributed by atoms with Gasteiger partial charge in [-0.05, 0) is 51.3 Å². The molecular formula is C23H32N4O3. The van der Waals surface area contributed by atoms with E-state index in [2.05, 4.69) is 29.1 Å². The predicted octanol–water partition coefficient (Wildman–Crippen LogP) is 3.19. The number of hydrogen-bond acceptors (Lipinski definition) is 6. The smallest absolute Gasteiger partial charge is 0.298 e. The van der Waals surface area contributed by atoms with E-state index in [-0.39, 0.29) is 18.0 Å². The molecule has 3 atom stereocenters. The fourth-order valence-electron chi connectivity index (χ4n) is 5.48. The maximum absolute atomic E-state index is 13.2. The van der Waals surface area contributed by atoms with Crippen LogP contribution in [0.2, 0.25) is 0 Å². The fraction of sp³-hybridized carbons (Fsp3) is 0.652. The van der Waals surface area contributed by atoms with Gasteiger partial charge in [0.15, 0.2) is 5.58 Å². The third-order valence-electron chi connectivity index (χ3n) is 7.27. The highest BCUT2D eigenvalue weighted by Gasteiger charge is 2.36. The molecule has 0 aliphatic carbocycles. The number of ether oxygens (including phenoxy) is 1. The number of amides is 1. The lowest BCUT2D eigenvalue weighted by Crippen LogP contribution is -2.55.